The second-order valence-electron chi connectivity index (χ2n) is 8.60. The lowest BCUT2D eigenvalue weighted by atomic mass is 9.96. The first-order valence-electron chi connectivity index (χ1n) is 11.3. The molecule has 0 bridgehead atoms. The number of likely N-dealkylation sites (tertiary alicyclic amines) is 1. The molecule has 1 N–H and O–H groups in total. The number of amides is 1. The van der Waals surface area contributed by atoms with Gasteiger partial charge in [-0.25, -0.2) is 4.39 Å². The van der Waals surface area contributed by atoms with Gasteiger partial charge in [0.15, 0.2) is 0 Å². The average Bonchev–Trinajstić information content (AvgIpc) is 3.27. The van der Waals surface area contributed by atoms with Crippen molar-refractivity contribution < 1.29 is 18.4 Å². The molecule has 8 heteroatoms. The minimum absolute atomic E-state index is 0.00209. The molecule has 0 atom stereocenters. The molecule has 0 aliphatic carbocycles. The van der Waals surface area contributed by atoms with E-state index in [0.29, 0.717) is 30.4 Å². The van der Waals surface area contributed by atoms with E-state index in [1.165, 1.54) is 12.1 Å². The Morgan fingerprint density at radius 3 is 2.52 bits per heavy atom. The van der Waals surface area contributed by atoms with Crippen molar-refractivity contribution in [2.24, 2.45) is 5.92 Å². The SMILES string of the molecule is CC(C)Oc1ccc(CNC(=O)C2CCN(Cc3nc(-c4ccc(F)cc4)no3)CC2)cc1. The Kier molecular flexibility index (Phi) is 7.34. The maximum atomic E-state index is 13.1. The summed E-state index contributed by atoms with van der Waals surface area (Å²) in [6.07, 6.45) is 1.70. The third kappa shape index (κ3) is 6.38. The average molecular weight is 453 g/mol. The van der Waals surface area contributed by atoms with Gasteiger partial charge < -0.3 is 14.6 Å². The van der Waals surface area contributed by atoms with E-state index in [4.69, 9.17) is 9.26 Å². The Balaban J connectivity index is 1.21. The molecule has 1 aliphatic rings. The molecule has 0 spiro atoms. The molecular weight excluding hydrogens is 423 g/mol. The zero-order valence-corrected chi connectivity index (χ0v) is 19.0. The highest BCUT2D eigenvalue weighted by atomic mass is 19.1. The van der Waals surface area contributed by atoms with Crippen molar-refractivity contribution in [2.75, 3.05) is 13.1 Å². The number of piperidine rings is 1. The molecule has 2 heterocycles. The minimum atomic E-state index is -0.302. The Hall–Kier alpha value is -3.26. The van der Waals surface area contributed by atoms with Gasteiger partial charge in [0.1, 0.15) is 11.6 Å². The number of hydrogen-bond donors (Lipinski definition) is 1. The van der Waals surface area contributed by atoms with E-state index in [0.717, 1.165) is 37.2 Å². The van der Waals surface area contributed by atoms with Crippen molar-refractivity contribution in [2.45, 2.75) is 45.9 Å². The van der Waals surface area contributed by atoms with E-state index in [9.17, 15) is 9.18 Å². The quantitative estimate of drug-likeness (QED) is 0.552. The lowest BCUT2D eigenvalue weighted by Crippen LogP contribution is -2.40. The molecule has 1 aromatic heterocycles. The molecule has 4 rings (SSSR count). The number of hydrogen-bond acceptors (Lipinski definition) is 6. The minimum Gasteiger partial charge on any atom is -0.491 e. The van der Waals surface area contributed by atoms with Crippen molar-refractivity contribution in [3.63, 3.8) is 0 Å². The Morgan fingerprint density at radius 2 is 1.85 bits per heavy atom. The lowest BCUT2D eigenvalue weighted by Gasteiger charge is -2.30. The summed E-state index contributed by atoms with van der Waals surface area (Å²) in [6.45, 7) is 6.60. The molecule has 0 radical (unpaired) electrons. The molecule has 1 fully saturated rings. The summed E-state index contributed by atoms with van der Waals surface area (Å²) in [5, 5.41) is 7.04. The van der Waals surface area contributed by atoms with E-state index in [1.807, 2.05) is 38.1 Å². The molecule has 7 nitrogen and oxygen atoms in total. The van der Waals surface area contributed by atoms with Crippen LogP contribution in [0, 0.1) is 11.7 Å². The summed E-state index contributed by atoms with van der Waals surface area (Å²) < 4.78 is 24.1. The van der Waals surface area contributed by atoms with Crippen LogP contribution in [0.3, 0.4) is 0 Å². The summed E-state index contributed by atoms with van der Waals surface area (Å²) in [6, 6.07) is 13.8. The third-order valence-corrected chi connectivity index (χ3v) is 5.65. The number of benzene rings is 2. The summed E-state index contributed by atoms with van der Waals surface area (Å²) in [7, 11) is 0. The van der Waals surface area contributed by atoms with Crippen LogP contribution >= 0.6 is 0 Å². The zero-order chi connectivity index (χ0) is 23.2. The van der Waals surface area contributed by atoms with Gasteiger partial charge in [-0.3, -0.25) is 9.69 Å². The van der Waals surface area contributed by atoms with Crippen LogP contribution in [-0.4, -0.2) is 40.1 Å². The van der Waals surface area contributed by atoms with Crippen LogP contribution in [0.1, 0.15) is 38.1 Å². The Morgan fingerprint density at radius 1 is 1.15 bits per heavy atom. The summed E-state index contributed by atoms with van der Waals surface area (Å²) in [4.78, 5) is 19.2. The van der Waals surface area contributed by atoms with Gasteiger partial charge in [0.25, 0.3) is 0 Å². The molecule has 174 valence electrons. The number of carbonyl (C=O) groups excluding carboxylic acids is 1. The van der Waals surface area contributed by atoms with E-state index in [1.54, 1.807) is 12.1 Å². The Labute approximate surface area is 192 Å². The monoisotopic (exact) mass is 452 g/mol. The van der Waals surface area contributed by atoms with Gasteiger partial charge in [0.2, 0.25) is 17.6 Å². The molecule has 33 heavy (non-hydrogen) atoms. The first kappa shape index (κ1) is 22.9. The summed E-state index contributed by atoms with van der Waals surface area (Å²) >= 11 is 0. The maximum Gasteiger partial charge on any atom is 0.241 e. The van der Waals surface area contributed by atoms with Crippen molar-refractivity contribution in [3.05, 3.63) is 65.8 Å². The molecule has 1 aliphatic heterocycles. The van der Waals surface area contributed by atoms with Gasteiger partial charge in [0.05, 0.1) is 12.6 Å². The van der Waals surface area contributed by atoms with E-state index in [-0.39, 0.29) is 23.7 Å². The predicted molar refractivity (Wildman–Crippen MR) is 122 cm³/mol. The van der Waals surface area contributed by atoms with Crippen molar-refractivity contribution in [1.82, 2.24) is 20.4 Å². The summed E-state index contributed by atoms with van der Waals surface area (Å²) in [5.41, 5.74) is 1.76. The normalized spacial score (nSPS) is 15.0. The van der Waals surface area contributed by atoms with E-state index >= 15 is 0 Å². The second-order valence-corrected chi connectivity index (χ2v) is 8.60. The number of ether oxygens (including phenoxy) is 1. The summed E-state index contributed by atoms with van der Waals surface area (Å²) in [5.74, 6) is 1.59. The fourth-order valence-electron chi connectivity index (χ4n) is 3.87. The highest BCUT2D eigenvalue weighted by molar-refractivity contribution is 5.78. The maximum absolute atomic E-state index is 13.1. The van der Waals surface area contributed by atoms with Gasteiger partial charge >= 0.3 is 0 Å². The first-order valence-corrected chi connectivity index (χ1v) is 11.3. The lowest BCUT2D eigenvalue weighted by molar-refractivity contribution is -0.126. The second kappa shape index (κ2) is 10.6. The van der Waals surface area contributed by atoms with Crippen LogP contribution < -0.4 is 10.1 Å². The van der Waals surface area contributed by atoms with Crippen LogP contribution in [0.2, 0.25) is 0 Å². The molecule has 3 aromatic rings. The third-order valence-electron chi connectivity index (χ3n) is 5.65. The molecule has 2 aromatic carbocycles. The zero-order valence-electron chi connectivity index (χ0n) is 19.0. The molecule has 1 amide bonds. The smallest absolute Gasteiger partial charge is 0.241 e. The number of nitrogens with zero attached hydrogens (tertiary/aromatic N) is 3. The van der Waals surface area contributed by atoms with Gasteiger partial charge in [0, 0.05) is 18.0 Å². The number of nitrogens with one attached hydrogen (secondary N) is 1. The van der Waals surface area contributed by atoms with Crippen LogP contribution in [0.4, 0.5) is 4.39 Å². The fraction of sp³-hybridized carbons (Fsp3) is 0.400. The number of carbonyl (C=O) groups is 1. The Bertz CT molecular complexity index is 1040. The van der Waals surface area contributed by atoms with Gasteiger partial charge in [-0.15, -0.1) is 0 Å². The largest absolute Gasteiger partial charge is 0.491 e. The predicted octanol–water partition coefficient (Wildman–Crippen LogP) is 4.19. The number of rotatable bonds is 8. The van der Waals surface area contributed by atoms with Crippen molar-refractivity contribution in [3.8, 4) is 17.1 Å². The topological polar surface area (TPSA) is 80.5 Å². The molecule has 0 saturated carbocycles. The highest BCUT2D eigenvalue weighted by Crippen LogP contribution is 2.21. The van der Waals surface area contributed by atoms with Crippen LogP contribution in [-0.2, 0) is 17.9 Å². The van der Waals surface area contributed by atoms with Crippen LogP contribution in [0.15, 0.2) is 53.1 Å². The first-order chi connectivity index (χ1) is 16.0. The molecule has 0 unspecified atom stereocenters. The number of halogens is 1. The van der Waals surface area contributed by atoms with Crippen molar-refractivity contribution in [1.29, 1.82) is 0 Å². The number of aromatic nitrogens is 2. The van der Waals surface area contributed by atoms with Gasteiger partial charge in [-0.05, 0) is 81.7 Å². The molecule has 1 saturated heterocycles. The fourth-order valence-corrected chi connectivity index (χ4v) is 3.87. The standard InChI is InChI=1S/C25H29FN4O3/c1-17(2)32-22-9-3-18(4-10-22)15-27-25(31)20-11-13-30(14-12-20)16-23-28-24(29-33-23)19-5-7-21(26)8-6-19/h3-10,17,20H,11-16H2,1-2H3,(H,27,31). The van der Waals surface area contributed by atoms with Gasteiger partial charge in [-0.2, -0.15) is 4.98 Å². The molecular formula is C25H29FN4O3. The van der Waals surface area contributed by atoms with Gasteiger partial charge in [-0.1, -0.05) is 17.3 Å². The van der Waals surface area contributed by atoms with Crippen LogP contribution in [0.25, 0.3) is 11.4 Å². The van der Waals surface area contributed by atoms with Crippen LogP contribution in [0.5, 0.6) is 5.75 Å². The van der Waals surface area contributed by atoms with Crippen molar-refractivity contribution >= 4 is 5.91 Å². The van der Waals surface area contributed by atoms with E-state index < -0.39 is 0 Å². The van der Waals surface area contributed by atoms with E-state index in [2.05, 4.69) is 20.4 Å². The highest BCUT2D eigenvalue weighted by Gasteiger charge is 2.26.